The van der Waals surface area contributed by atoms with Crippen LogP contribution < -0.4 is 14.2 Å². The Morgan fingerprint density at radius 3 is 2.52 bits per heavy atom. The molecule has 3 rings (SSSR count). The highest BCUT2D eigenvalue weighted by molar-refractivity contribution is 6.03. The molecule has 1 aliphatic rings. The molecule has 1 aliphatic heterocycles. The molecule has 0 aliphatic carbocycles. The second-order valence-electron chi connectivity index (χ2n) is 6.67. The van der Waals surface area contributed by atoms with E-state index in [1.807, 2.05) is 30.3 Å². The molecule has 5 nitrogen and oxygen atoms in total. The number of carbonyl (C=O) groups is 1. The third kappa shape index (κ3) is 3.69. The Hall–Kier alpha value is -2.79. The third-order valence-electron chi connectivity index (χ3n) is 4.79. The number of ketones is 1. The molecule has 27 heavy (non-hydrogen) atoms. The summed E-state index contributed by atoms with van der Waals surface area (Å²) in [7, 11) is 3.05. The Kier molecular flexibility index (Phi) is 5.51. The van der Waals surface area contributed by atoms with E-state index in [2.05, 4.69) is 6.58 Å². The van der Waals surface area contributed by atoms with E-state index in [1.165, 1.54) is 14.2 Å². The highest BCUT2D eigenvalue weighted by atomic mass is 16.5. The van der Waals surface area contributed by atoms with Gasteiger partial charge in [-0.3, -0.25) is 4.79 Å². The molecule has 0 unspecified atom stereocenters. The van der Waals surface area contributed by atoms with Gasteiger partial charge in [-0.1, -0.05) is 42.5 Å². The molecular formula is C22H24O5. The molecule has 0 fully saturated rings. The van der Waals surface area contributed by atoms with Gasteiger partial charge in [0.15, 0.2) is 5.78 Å². The summed E-state index contributed by atoms with van der Waals surface area (Å²) in [6.45, 7) is 5.56. The van der Waals surface area contributed by atoms with Crippen molar-refractivity contribution in [3.8, 4) is 17.2 Å². The number of fused-ring (bicyclic) bond motifs is 1. The number of ether oxygens (including phenoxy) is 3. The van der Waals surface area contributed by atoms with Crippen molar-refractivity contribution in [2.24, 2.45) is 0 Å². The number of hydrogen-bond donors (Lipinski definition) is 1. The van der Waals surface area contributed by atoms with E-state index >= 15 is 0 Å². The van der Waals surface area contributed by atoms with Gasteiger partial charge in [-0.15, -0.1) is 0 Å². The van der Waals surface area contributed by atoms with E-state index in [4.69, 9.17) is 14.2 Å². The van der Waals surface area contributed by atoms with Gasteiger partial charge in [0.25, 0.3) is 0 Å². The first kappa shape index (κ1) is 19.0. The fourth-order valence-corrected chi connectivity index (χ4v) is 3.26. The molecule has 0 saturated heterocycles. The summed E-state index contributed by atoms with van der Waals surface area (Å²) >= 11 is 0. The van der Waals surface area contributed by atoms with E-state index in [1.54, 1.807) is 13.0 Å². The Labute approximate surface area is 159 Å². The fourth-order valence-electron chi connectivity index (χ4n) is 3.26. The van der Waals surface area contributed by atoms with Crippen LogP contribution in [0.2, 0.25) is 0 Å². The van der Waals surface area contributed by atoms with Crippen LogP contribution in [0, 0.1) is 0 Å². The van der Waals surface area contributed by atoms with E-state index in [0.29, 0.717) is 33.9 Å². The summed E-state index contributed by atoms with van der Waals surface area (Å²) < 4.78 is 17.2. The average molecular weight is 368 g/mol. The van der Waals surface area contributed by atoms with Crippen molar-refractivity contribution in [1.82, 2.24) is 0 Å². The van der Waals surface area contributed by atoms with Gasteiger partial charge in [0.05, 0.1) is 26.7 Å². The first-order chi connectivity index (χ1) is 13.0. The van der Waals surface area contributed by atoms with Crippen molar-refractivity contribution in [2.45, 2.75) is 32.0 Å². The van der Waals surface area contributed by atoms with Crippen molar-refractivity contribution in [3.63, 3.8) is 0 Å². The lowest BCUT2D eigenvalue weighted by Gasteiger charge is -2.30. The number of Topliss-reactive ketones (excluding diaryl/α,β-unsaturated/α-hetero) is 1. The van der Waals surface area contributed by atoms with E-state index < -0.39 is 12.2 Å². The zero-order chi connectivity index (χ0) is 19.6. The Bertz CT molecular complexity index is 857. The zero-order valence-electron chi connectivity index (χ0n) is 15.8. The largest absolute Gasteiger partial charge is 0.496 e. The summed E-state index contributed by atoms with van der Waals surface area (Å²) in [6, 6.07) is 11.3. The van der Waals surface area contributed by atoms with Crippen molar-refractivity contribution >= 4 is 5.78 Å². The molecule has 5 heteroatoms. The van der Waals surface area contributed by atoms with Crippen LogP contribution in [0.3, 0.4) is 0 Å². The highest BCUT2D eigenvalue weighted by Crippen LogP contribution is 2.46. The molecule has 2 aromatic carbocycles. The van der Waals surface area contributed by atoms with Crippen molar-refractivity contribution in [3.05, 3.63) is 65.2 Å². The topological polar surface area (TPSA) is 65.0 Å². The molecule has 0 spiro atoms. The molecule has 0 aromatic heterocycles. The van der Waals surface area contributed by atoms with Crippen LogP contribution in [0.5, 0.6) is 17.2 Å². The molecule has 142 valence electrons. The smallest absolute Gasteiger partial charge is 0.174 e. The van der Waals surface area contributed by atoms with Crippen molar-refractivity contribution < 1.29 is 24.1 Å². The van der Waals surface area contributed by atoms with Crippen LogP contribution in [0.4, 0.5) is 0 Å². The van der Waals surface area contributed by atoms with Gasteiger partial charge < -0.3 is 19.3 Å². The van der Waals surface area contributed by atoms with Gasteiger partial charge in [0.2, 0.25) is 0 Å². The van der Waals surface area contributed by atoms with Crippen LogP contribution in [0.1, 0.15) is 40.9 Å². The number of methoxy groups -OCH3 is 2. The second kappa shape index (κ2) is 7.84. The van der Waals surface area contributed by atoms with Crippen LogP contribution >= 0.6 is 0 Å². The van der Waals surface area contributed by atoms with Crippen LogP contribution in [-0.4, -0.2) is 31.2 Å². The van der Waals surface area contributed by atoms with Crippen LogP contribution in [0.15, 0.2) is 48.6 Å². The van der Waals surface area contributed by atoms with Gasteiger partial charge >= 0.3 is 0 Å². The Balaban J connectivity index is 2.14. The molecular weight excluding hydrogens is 344 g/mol. The zero-order valence-corrected chi connectivity index (χ0v) is 15.8. The number of hydrogen-bond acceptors (Lipinski definition) is 5. The first-order valence-electron chi connectivity index (χ1n) is 8.82. The molecule has 1 heterocycles. The molecule has 2 atom stereocenters. The van der Waals surface area contributed by atoms with Crippen LogP contribution in [-0.2, 0) is 6.42 Å². The SMILES string of the molecule is C=C(C)[C@H](O)Cc1c(OC)cc(OC)c2c1O[C@H](c1ccccc1)CC2=O. The molecule has 0 bridgehead atoms. The minimum absolute atomic E-state index is 0.0596. The molecule has 1 N–H and O–H groups in total. The predicted molar refractivity (Wildman–Crippen MR) is 103 cm³/mol. The summed E-state index contributed by atoms with van der Waals surface area (Å²) in [5.41, 5.74) is 2.58. The Morgan fingerprint density at radius 2 is 1.93 bits per heavy atom. The van der Waals surface area contributed by atoms with E-state index in [9.17, 15) is 9.90 Å². The van der Waals surface area contributed by atoms with Gasteiger partial charge in [-0.25, -0.2) is 0 Å². The predicted octanol–water partition coefficient (Wildman–Crippen LogP) is 3.89. The molecule has 0 radical (unpaired) electrons. The molecule has 0 saturated carbocycles. The lowest BCUT2D eigenvalue weighted by molar-refractivity contribution is 0.0839. The van der Waals surface area contributed by atoms with Gasteiger partial charge in [0.1, 0.15) is 28.9 Å². The number of aliphatic hydroxyl groups is 1. The maximum atomic E-state index is 12.9. The lowest BCUT2D eigenvalue weighted by atomic mass is 9.91. The van der Waals surface area contributed by atoms with Gasteiger partial charge in [-0.2, -0.15) is 0 Å². The van der Waals surface area contributed by atoms with Gasteiger partial charge in [-0.05, 0) is 12.5 Å². The summed E-state index contributed by atoms with van der Waals surface area (Å²) in [5, 5.41) is 10.3. The number of benzene rings is 2. The quantitative estimate of drug-likeness (QED) is 0.784. The summed E-state index contributed by atoms with van der Waals surface area (Å²) in [5.74, 6) is 1.27. The van der Waals surface area contributed by atoms with E-state index in [-0.39, 0.29) is 18.6 Å². The Morgan fingerprint density at radius 1 is 1.26 bits per heavy atom. The highest BCUT2D eigenvalue weighted by Gasteiger charge is 2.34. The maximum absolute atomic E-state index is 12.9. The van der Waals surface area contributed by atoms with Gasteiger partial charge in [0, 0.05) is 18.1 Å². The molecule has 2 aromatic rings. The van der Waals surface area contributed by atoms with E-state index in [0.717, 1.165) is 5.56 Å². The van der Waals surface area contributed by atoms with Crippen molar-refractivity contribution in [2.75, 3.05) is 14.2 Å². The summed E-state index contributed by atoms with van der Waals surface area (Å²) in [6.07, 6.45) is -0.710. The second-order valence-corrected chi connectivity index (χ2v) is 6.67. The standard InChI is InChI=1S/C22H24O5/c1-13(2)16(23)10-15-19(25-3)12-20(26-4)21-17(24)11-18(27-22(15)21)14-8-6-5-7-9-14/h5-9,12,16,18,23H,1,10-11H2,2-4H3/t16-,18+/m1/s1. The minimum atomic E-state index is -0.771. The lowest BCUT2D eigenvalue weighted by Crippen LogP contribution is -2.24. The minimum Gasteiger partial charge on any atom is -0.496 e. The average Bonchev–Trinajstić information content (AvgIpc) is 2.68. The fraction of sp³-hybridized carbons (Fsp3) is 0.318. The maximum Gasteiger partial charge on any atom is 0.174 e. The third-order valence-corrected chi connectivity index (χ3v) is 4.79. The summed E-state index contributed by atoms with van der Waals surface area (Å²) in [4.78, 5) is 12.9. The van der Waals surface area contributed by atoms with Crippen LogP contribution in [0.25, 0.3) is 0 Å². The number of rotatable bonds is 6. The normalized spacial score (nSPS) is 16.9. The number of aliphatic hydroxyl groups excluding tert-OH is 1. The molecule has 0 amide bonds. The number of carbonyl (C=O) groups excluding carboxylic acids is 1. The van der Waals surface area contributed by atoms with Crippen molar-refractivity contribution in [1.29, 1.82) is 0 Å². The first-order valence-corrected chi connectivity index (χ1v) is 8.82. The monoisotopic (exact) mass is 368 g/mol.